The van der Waals surface area contributed by atoms with Crippen LogP contribution in [0.15, 0.2) is 29.2 Å². The number of hydrogen-bond donors (Lipinski definition) is 1. The predicted molar refractivity (Wildman–Crippen MR) is 160 cm³/mol. The number of nitrogens with zero attached hydrogens (tertiary/aromatic N) is 3. The summed E-state index contributed by atoms with van der Waals surface area (Å²) in [5.41, 5.74) is 1.44. The molecule has 13 nitrogen and oxygen atoms in total. The highest BCUT2D eigenvalue weighted by molar-refractivity contribution is 7.89. The molecule has 44 heavy (non-hydrogen) atoms. The van der Waals surface area contributed by atoms with Crippen LogP contribution in [0, 0.1) is 5.92 Å². The molecule has 0 spiro atoms. The van der Waals surface area contributed by atoms with E-state index in [1.54, 1.807) is 16.7 Å². The van der Waals surface area contributed by atoms with E-state index in [4.69, 9.17) is 14.2 Å². The molecular weight excluding hydrogens is 612 g/mol. The molecule has 0 atom stereocenters. The smallest absolute Gasteiger partial charge is 0.410 e. The lowest BCUT2D eigenvalue weighted by molar-refractivity contribution is -0.146. The van der Waals surface area contributed by atoms with Gasteiger partial charge in [0.2, 0.25) is 10.0 Å². The second-order valence-electron chi connectivity index (χ2n) is 10.7. The highest BCUT2D eigenvalue weighted by atomic mass is 32.2. The van der Waals surface area contributed by atoms with Crippen molar-refractivity contribution in [1.82, 2.24) is 14.1 Å². The average molecular weight is 649 g/mol. The van der Waals surface area contributed by atoms with Crippen molar-refractivity contribution in [3.05, 3.63) is 45.8 Å². The third-order valence-corrected chi connectivity index (χ3v) is 11.1. The zero-order valence-electron chi connectivity index (χ0n) is 24.7. The summed E-state index contributed by atoms with van der Waals surface area (Å²) >= 11 is 1.25. The van der Waals surface area contributed by atoms with Crippen LogP contribution in [-0.2, 0) is 42.0 Å². The SMILES string of the molecule is CCOC(=O)N1CCc2c(sc(NC(=O)c3ccc(S(=O)(=O)N4CCC(C(=O)OC)CC4)cc3)c2C(=O)N2CCOCC2)C1. The zero-order chi connectivity index (χ0) is 31.4. The number of morpholine rings is 1. The van der Waals surface area contributed by atoms with Crippen LogP contribution >= 0.6 is 11.3 Å². The maximum atomic E-state index is 13.7. The van der Waals surface area contributed by atoms with Crippen molar-refractivity contribution in [2.24, 2.45) is 5.92 Å². The van der Waals surface area contributed by atoms with E-state index in [0.717, 1.165) is 10.4 Å². The summed E-state index contributed by atoms with van der Waals surface area (Å²) < 4.78 is 43.1. The number of nitrogens with one attached hydrogen (secondary N) is 1. The van der Waals surface area contributed by atoms with Gasteiger partial charge in [-0.3, -0.25) is 14.4 Å². The Hall–Kier alpha value is -3.53. The number of carbonyl (C=O) groups excluding carboxylic acids is 4. The molecule has 1 N–H and O–H groups in total. The third kappa shape index (κ3) is 6.60. The Morgan fingerprint density at radius 2 is 1.68 bits per heavy atom. The molecule has 3 aliphatic heterocycles. The van der Waals surface area contributed by atoms with Gasteiger partial charge in [0.05, 0.1) is 49.9 Å². The lowest BCUT2D eigenvalue weighted by Crippen LogP contribution is -2.41. The van der Waals surface area contributed by atoms with E-state index in [1.807, 2.05) is 0 Å². The van der Waals surface area contributed by atoms with Crippen LogP contribution in [0.4, 0.5) is 9.80 Å². The maximum absolute atomic E-state index is 13.7. The molecule has 0 aliphatic carbocycles. The van der Waals surface area contributed by atoms with Gasteiger partial charge in [0, 0.05) is 43.2 Å². The molecular formula is C29H36N4O9S2. The standard InChI is InChI=1S/C29H36N4O9S2/c1-3-42-29(37)32-11-10-22-23(18-32)43-26(24(22)27(35)31-14-16-41-17-15-31)30-25(34)19-4-6-21(7-5-19)44(38,39)33-12-8-20(9-13-33)28(36)40-2/h4-7,20H,3,8-18H2,1-2H3,(H,30,34). The minimum Gasteiger partial charge on any atom is -0.469 e. The number of thiophene rings is 1. The van der Waals surface area contributed by atoms with Crippen LogP contribution in [-0.4, -0.2) is 106 Å². The molecule has 0 bridgehead atoms. The van der Waals surface area contributed by atoms with Gasteiger partial charge in [0.25, 0.3) is 11.8 Å². The first kappa shape index (κ1) is 31.9. The van der Waals surface area contributed by atoms with E-state index in [-0.39, 0.29) is 54.5 Å². The molecule has 0 radical (unpaired) electrons. The average Bonchev–Trinajstić information content (AvgIpc) is 3.41. The number of sulfonamides is 1. The van der Waals surface area contributed by atoms with Gasteiger partial charge in [-0.2, -0.15) is 4.31 Å². The van der Waals surface area contributed by atoms with E-state index in [9.17, 15) is 27.6 Å². The molecule has 2 fully saturated rings. The summed E-state index contributed by atoms with van der Waals surface area (Å²) in [5, 5.41) is 3.26. The van der Waals surface area contributed by atoms with Gasteiger partial charge >= 0.3 is 12.1 Å². The fraction of sp³-hybridized carbons (Fsp3) is 0.517. The van der Waals surface area contributed by atoms with Gasteiger partial charge in [0.1, 0.15) is 5.00 Å². The van der Waals surface area contributed by atoms with Crippen molar-refractivity contribution in [3.8, 4) is 0 Å². The molecule has 5 rings (SSSR count). The fourth-order valence-corrected chi connectivity index (χ4v) is 8.33. The van der Waals surface area contributed by atoms with Crippen LogP contribution in [0.25, 0.3) is 0 Å². The van der Waals surface area contributed by atoms with E-state index in [2.05, 4.69) is 5.32 Å². The highest BCUT2D eigenvalue weighted by Gasteiger charge is 2.34. The summed E-state index contributed by atoms with van der Waals surface area (Å²) in [7, 11) is -2.50. The Kier molecular flexibility index (Phi) is 9.87. The molecule has 0 unspecified atom stereocenters. The largest absolute Gasteiger partial charge is 0.469 e. The second-order valence-corrected chi connectivity index (χ2v) is 13.7. The Balaban J connectivity index is 1.34. The van der Waals surface area contributed by atoms with Crippen molar-refractivity contribution in [2.75, 3.05) is 65.0 Å². The number of methoxy groups -OCH3 is 1. The maximum Gasteiger partial charge on any atom is 0.410 e. The first-order valence-corrected chi connectivity index (χ1v) is 16.8. The van der Waals surface area contributed by atoms with Gasteiger partial charge in [-0.1, -0.05) is 0 Å². The van der Waals surface area contributed by atoms with Crippen LogP contribution in [0.5, 0.6) is 0 Å². The number of carbonyl (C=O) groups is 4. The van der Waals surface area contributed by atoms with Crippen LogP contribution in [0.1, 0.15) is 50.9 Å². The Morgan fingerprint density at radius 1 is 1.00 bits per heavy atom. The number of rotatable bonds is 7. The summed E-state index contributed by atoms with van der Waals surface area (Å²) in [6.07, 6.45) is 0.761. The quantitative estimate of drug-likeness (QED) is 0.447. The van der Waals surface area contributed by atoms with Gasteiger partial charge in [-0.15, -0.1) is 11.3 Å². The summed E-state index contributed by atoms with van der Waals surface area (Å²) in [6.45, 7) is 4.75. The Morgan fingerprint density at radius 3 is 2.32 bits per heavy atom. The number of benzene rings is 1. The van der Waals surface area contributed by atoms with E-state index < -0.39 is 22.0 Å². The molecule has 1 aromatic heterocycles. The lowest BCUT2D eigenvalue weighted by atomic mass is 9.99. The first-order chi connectivity index (χ1) is 21.1. The minimum atomic E-state index is -3.82. The molecule has 238 valence electrons. The molecule has 0 saturated carbocycles. The van der Waals surface area contributed by atoms with Gasteiger partial charge in [-0.25, -0.2) is 13.2 Å². The molecule has 3 aliphatic rings. The molecule has 1 aromatic carbocycles. The molecule has 2 aromatic rings. The van der Waals surface area contributed by atoms with Crippen LogP contribution < -0.4 is 5.32 Å². The van der Waals surface area contributed by atoms with Crippen LogP contribution in [0.2, 0.25) is 0 Å². The van der Waals surface area contributed by atoms with Gasteiger partial charge < -0.3 is 29.3 Å². The van der Waals surface area contributed by atoms with Crippen molar-refractivity contribution >= 4 is 50.2 Å². The van der Waals surface area contributed by atoms with Crippen molar-refractivity contribution in [1.29, 1.82) is 0 Å². The van der Waals surface area contributed by atoms with Crippen molar-refractivity contribution < 1.29 is 41.8 Å². The number of anilines is 1. The summed E-state index contributed by atoms with van der Waals surface area (Å²) in [6, 6.07) is 5.63. The van der Waals surface area contributed by atoms with Gasteiger partial charge in [-0.05, 0) is 56.0 Å². The monoisotopic (exact) mass is 648 g/mol. The molecule has 15 heteroatoms. The predicted octanol–water partition coefficient (Wildman–Crippen LogP) is 2.56. The Labute approximate surface area is 260 Å². The van der Waals surface area contributed by atoms with Crippen LogP contribution in [0.3, 0.4) is 0 Å². The fourth-order valence-electron chi connectivity index (χ4n) is 5.61. The minimum absolute atomic E-state index is 0.0411. The van der Waals surface area contributed by atoms with Crippen molar-refractivity contribution in [3.63, 3.8) is 0 Å². The molecule has 3 amide bonds. The normalized spacial score (nSPS) is 18.0. The molecule has 4 heterocycles. The van der Waals surface area contributed by atoms with E-state index in [1.165, 1.54) is 47.0 Å². The third-order valence-electron chi connectivity index (χ3n) is 8.06. The van der Waals surface area contributed by atoms with E-state index >= 15 is 0 Å². The zero-order valence-corrected chi connectivity index (χ0v) is 26.3. The topological polar surface area (TPSA) is 152 Å². The highest BCUT2D eigenvalue weighted by Crippen LogP contribution is 2.38. The lowest BCUT2D eigenvalue weighted by Gasteiger charge is -2.29. The molecule has 2 saturated heterocycles. The second kappa shape index (κ2) is 13.6. The number of ether oxygens (including phenoxy) is 3. The van der Waals surface area contributed by atoms with Gasteiger partial charge in [0.15, 0.2) is 0 Å². The Bertz CT molecular complexity index is 1510. The number of piperidine rings is 1. The number of hydrogen-bond acceptors (Lipinski definition) is 10. The van der Waals surface area contributed by atoms with Crippen molar-refractivity contribution in [2.45, 2.75) is 37.6 Å². The first-order valence-electron chi connectivity index (χ1n) is 14.6. The number of amides is 3. The van der Waals surface area contributed by atoms with E-state index in [0.29, 0.717) is 62.7 Å². The summed E-state index contributed by atoms with van der Waals surface area (Å²) in [5.74, 6) is -1.36. The number of fused-ring (bicyclic) bond motifs is 1. The summed E-state index contributed by atoms with van der Waals surface area (Å²) in [4.78, 5) is 55.4. The number of esters is 1.